The Morgan fingerprint density at radius 3 is 2.85 bits per heavy atom. The van der Waals surface area contributed by atoms with E-state index in [2.05, 4.69) is 0 Å². The molecule has 1 aromatic rings. The van der Waals surface area contributed by atoms with Crippen LogP contribution in [0.5, 0.6) is 0 Å². The molecule has 2 fully saturated rings. The van der Waals surface area contributed by atoms with E-state index in [0.29, 0.717) is 19.0 Å². The summed E-state index contributed by atoms with van der Waals surface area (Å²) >= 11 is 0. The van der Waals surface area contributed by atoms with E-state index >= 15 is 0 Å². The lowest BCUT2D eigenvalue weighted by Crippen LogP contribution is -2.31. The smallest absolute Gasteiger partial charge is 0.254 e. The van der Waals surface area contributed by atoms with Gasteiger partial charge in [-0.3, -0.25) is 4.79 Å². The maximum Gasteiger partial charge on any atom is 0.254 e. The largest absolute Gasteiger partial charge is 0.393 e. The molecule has 0 bridgehead atoms. The number of aliphatic hydroxyl groups excluding tert-OH is 1. The van der Waals surface area contributed by atoms with Crippen LogP contribution < -0.4 is 5.73 Å². The molecule has 0 spiro atoms. The van der Waals surface area contributed by atoms with E-state index in [0.717, 1.165) is 36.9 Å². The number of hydrogen-bond donors (Lipinski definition) is 2. The van der Waals surface area contributed by atoms with Crippen LogP contribution in [0.3, 0.4) is 0 Å². The molecule has 1 amide bonds. The summed E-state index contributed by atoms with van der Waals surface area (Å²) in [4.78, 5) is 14.6. The summed E-state index contributed by atoms with van der Waals surface area (Å²) in [7, 11) is 0. The fourth-order valence-corrected chi connectivity index (χ4v) is 3.68. The average Bonchev–Trinajstić information content (AvgIpc) is 3.02. The third-order valence-electron chi connectivity index (χ3n) is 4.77. The molecule has 108 valence electrons. The van der Waals surface area contributed by atoms with Crippen molar-refractivity contribution in [2.75, 3.05) is 19.6 Å². The van der Waals surface area contributed by atoms with Crippen LogP contribution in [0.25, 0.3) is 0 Å². The zero-order valence-corrected chi connectivity index (χ0v) is 11.7. The maximum absolute atomic E-state index is 12.7. The first-order chi connectivity index (χ1) is 9.70. The first-order valence-corrected chi connectivity index (χ1v) is 7.46. The molecule has 1 saturated heterocycles. The highest BCUT2D eigenvalue weighted by Crippen LogP contribution is 2.38. The SMILES string of the molecule is NCCc1ccccc1C(=O)N1CC2CCC(O)C2C1. The number of likely N-dealkylation sites (tertiary alicyclic amines) is 1. The number of hydrogen-bond acceptors (Lipinski definition) is 3. The van der Waals surface area contributed by atoms with Gasteiger partial charge in [-0.1, -0.05) is 18.2 Å². The zero-order valence-electron chi connectivity index (χ0n) is 11.7. The van der Waals surface area contributed by atoms with Crippen LogP contribution in [0.4, 0.5) is 0 Å². The standard InChI is InChI=1S/C16H22N2O2/c17-8-7-11-3-1-2-4-13(11)16(20)18-9-12-5-6-15(19)14(12)10-18/h1-4,12,14-15,19H,5-10,17H2. The van der Waals surface area contributed by atoms with E-state index in [1.807, 2.05) is 29.2 Å². The van der Waals surface area contributed by atoms with Crippen molar-refractivity contribution < 1.29 is 9.90 Å². The first kappa shape index (κ1) is 13.6. The van der Waals surface area contributed by atoms with Crippen LogP contribution in [-0.2, 0) is 6.42 Å². The van der Waals surface area contributed by atoms with Gasteiger partial charge in [-0.15, -0.1) is 0 Å². The van der Waals surface area contributed by atoms with Crippen LogP contribution in [0.1, 0.15) is 28.8 Å². The molecule has 2 aliphatic rings. The first-order valence-electron chi connectivity index (χ1n) is 7.46. The molecule has 3 unspecified atom stereocenters. The molecular formula is C16H22N2O2. The number of amides is 1. The highest BCUT2D eigenvalue weighted by molar-refractivity contribution is 5.96. The Balaban J connectivity index is 1.77. The molecule has 1 saturated carbocycles. The number of aliphatic hydroxyl groups is 1. The second-order valence-electron chi connectivity index (χ2n) is 5.97. The van der Waals surface area contributed by atoms with E-state index < -0.39 is 0 Å². The summed E-state index contributed by atoms with van der Waals surface area (Å²) in [5.74, 6) is 0.854. The lowest BCUT2D eigenvalue weighted by molar-refractivity contribution is 0.0751. The molecule has 4 nitrogen and oxygen atoms in total. The van der Waals surface area contributed by atoms with Crippen molar-refractivity contribution in [1.29, 1.82) is 0 Å². The molecule has 3 rings (SSSR count). The van der Waals surface area contributed by atoms with E-state index in [9.17, 15) is 9.90 Å². The predicted octanol–water partition coefficient (Wildman–Crippen LogP) is 1.03. The minimum atomic E-state index is -0.225. The third-order valence-corrected chi connectivity index (χ3v) is 4.77. The predicted molar refractivity (Wildman–Crippen MR) is 77.3 cm³/mol. The van der Waals surface area contributed by atoms with Gasteiger partial charge in [0.15, 0.2) is 0 Å². The Hall–Kier alpha value is -1.39. The third kappa shape index (κ3) is 2.34. The fourth-order valence-electron chi connectivity index (χ4n) is 3.68. The fraction of sp³-hybridized carbons (Fsp3) is 0.562. The minimum absolute atomic E-state index is 0.0932. The van der Waals surface area contributed by atoms with Crippen molar-refractivity contribution in [2.24, 2.45) is 17.6 Å². The van der Waals surface area contributed by atoms with Crippen molar-refractivity contribution >= 4 is 5.91 Å². The Kier molecular flexibility index (Phi) is 3.76. The summed E-state index contributed by atoms with van der Waals surface area (Å²) in [6.07, 6.45) is 2.43. The van der Waals surface area contributed by atoms with Crippen LogP contribution in [-0.4, -0.2) is 41.7 Å². The van der Waals surface area contributed by atoms with Gasteiger partial charge in [-0.05, 0) is 43.4 Å². The van der Waals surface area contributed by atoms with Gasteiger partial charge in [0.2, 0.25) is 0 Å². The van der Waals surface area contributed by atoms with Crippen LogP contribution in [0.15, 0.2) is 24.3 Å². The van der Waals surface area contributed by atoms with Crippen molar-refractivity contribution in [3.05, 3.63) is 35.4 Å². The summed E-state index contributed by atoms with van der Waals surface area (Å²) in [6.45, 7) is 2.04. The Bertz CT molecular complexity index is 503. The number of rotatable bonds is 3. The quantitative estimate of drug-likeness (QED) is 0.865. The number of nitrogens with two attached hydrogens (primary N) is 1. The molecule has 1 heterocycles. The van der Waals surface area contributed by atoms with Crippen molar-refractivity contribution in [3.63, 3.8) is 0 Å². The Morgan fingerprint density at radius 1 is 1.30 bits per heavy atom. The number of nitrogens with zero attached hydrogens (tertiary/aromatic N) is 1. The summed E-state index contributed by atoms with van der Waals surface area (Å²) in [6, 6.07) is 7.72. The number of carbonyl (C=O) groups excluding carboxylic acids is 1. The topological polar surface area (TPSA) is 66.6 Å². The van der Waals surface area contributed by atoms with Crippen LogP contribution >= 0.6 is 0 Å². The Morgan fingerprint density at radius 2 is 2.10 bits per heavy atom. The molecule has 3 N–H and O–H groups in total. The average molecular weight is 274 g/mol. The lowest BCUT2D eigenvalue weighted by Gasteiger charge is -2.20. The number of carbonyl (C=O) groups is 1. The summed E-state index contributed by atoms with van der Waals surface area (Å²) < 4.78 is 0. The van der Waals surface area contributed by atoms with E-state index in [1.165, 1.54) is 0 Å². The van der Waals surface area contributed by atoms with Gasteiger partial charge in [0.1, 0.15) is 0 Å². The molecule has 4 heteroatoms. The van der Waals surface area contributed by atoms with Gasteiger partial charge in [0, 0.05) is 24.6 Å². The van der Waals surface area contributed by atoms with E-state index in [1.54, 1.807) is 0 Å². The molecule has 1 aliphatic heterocycles. The van der Waals surface area contributed by atoms with Crippen molar-refractivity contribution in [2.45, 2.75) is 25.4 Å². The Labute approximate surface area is 119 Å². The van der Waals surface area contributed by atoms with Gasteiger partial charge in [-0.25, -0.2) is 0 Å². The molecular weight excluding hydrogens is 252 g/mol. The molecule has 1 aromatic carbocycles. The van der Waals surface area contributed by atoms with Gasteiger partial charge in [0.25, 0.3) is 5.91 Å². The van der Waals surface area contributed by atoms with Crippen LogP contribution in [0.2, 0.25) is 0 Å². The second kappa shape index (κ2) is 5.54. The monoisotopic (exact) mass is 274 g/mol. The molecule has 1 aliphatic carbocycles. The highest BCUT2D eigenvalue weighted by atomic mass is 16.3. The normalized spacial score (nSPS) is 28.7. The van der Waals surface area contributed by atoms with E-state index in [-0.39, 0.29) is 17.9 Å². The summed E-state index contributed by atoms with van der Waals surface area (Å²) in [5.41, 5.74) is 7.41. The van der Waals surface area contributed by atoms with Crippen molar-refractivity contribution in [3.8, 4) is 0 Å². The van der Waals surface area contributed by atoms with Gasteiger partial charge >= 0.3 is 0 Å². The number of benzene rings is 1. The zero-order chi connectivity index (χ0) is 14.1. The second-order valence-corrected chi connectivity index (χ2v) is 5.97. The maximum atomic E-state index is 12.7. The number of fused-ring (bicyclic) bond motifs is 1. The minimum Gasteiger partial charge on any atom is -0.393 e. The lowest BCUT2D eigenvalue weighted by atomic mass is 10.00. The molecule has 20 heavy (non-hydrogen) atoms. The molecule has 0 aromatic heterocycles. The molecule has 0 radical (unpaired) electrons. The van der Waals surface area contributed by atoms with Gasteiger partial charge < -0.3 is 15.7 Å². The molecule has 3 atom stereocenters. The highest BCUT2D eigenvalue weighted by Gasteiger charge is 2.43. The summed E-state index contributed by atoms with van der Waals surface area (Å²) in [5, 5.41) is 9.95. The van der Waals surface area contributed by atoms with Gasteiger partial charge in [-0.2, -0.15) is 0 Å². The van der Waals surface area contributed by atoms with Crippen LogP contribution in [0, 0.1) is 11.8 Å². The van der Waals surface area contributed by atoms with E-state index in [4.69, 9.17) is 5.73 Å². The van der Waals surface area contributed by atoms with Crippen molar-refractivity contribution in [1.82, 2.24) is 4.90 Å². The van der Waals surface area contributed by atoms with Gasteiger partial charge in [0.05, 0.1) is 6.10 Å².